The molecule has 0 N–H and O–H groups in total. The minimum Gasteiger partial charge on any atom is -0.462 e. The van der Waals surface area contributed by atoms with Crippen LogP contribution in [0, 0.1) is 0 Å². The molecule has 0 rings (SSSR count). The summed E-state index contributed by atoms with van der Waals surface area (Å²) in [6, 6.07) is 0. The molecule has 0 aliphatic rings. The molecule has 0 saturated heterocycles. The Morgan fingerprint density at radius 2 is 1.16 bits per heavy atom. The van der Waals surface area contributed by atoms with Crippen LogP contribution in [0.15, 0.2) is 24.3 Å². The number of carbonyl (C=O) groups is 2. The van der Waals surface area contributed by atoms with Gasteiger partial charge in [0.25, 0.3) is 0 Å². The number of methoxy groups -OCH3 is 2. The summed E-state index contributed by atoms with van der Waals surface area (Å²) in [7, 11) is 3.16. The first-order chi connectivity index (χ1) is 12.0. The molecule has 0 spiro atoms. The fourth-order valence-electron chi connectivity index (χ4n) is 1.82. The topological polar surface area (TPSA) is 80.3 Å². The number of hydrogen-bond donors (Lipinski definition) is 0. The van der Waals surface area contributed by atoms with Crippen LogP contribution in [-0.4, -0.2) is 52.0 Å². The molecule has 144 valence electrons. The molecule has 2 unspecified atom stereocenters. The van der Waals surface area contributed by atoms with Gasteiger partial charge >= 0.3 is 11.9 Å². The number of carbonyl (C=O) groups excluding carboxylic acids is 2. The summed E-state index contributed by atoms with van der Waals surface area (Å²) >= 11 is 0. The summed E-state index contributed by atoms with van der Waals surface area (Å²) in [5.74, 6) is -0.597. The Hall–Kier alpha value is -1.70. The van der Waals surface area contributed by atoms with Gasteiger partial charge in [0.05, 0.1) is 0 Å². The second-order valence-corrected chi connectivity index (χ2v) is 5.17. The van der Waals surface area contributed by atoms with Gasteiger partial charge in [-0.3, -0.25) is 9.59 Å². The first kappa shape index (κ1) is 23.3. The second kappa shape index (κ2) is 15.8. The Labute approximate surface area is 149 Å². The van der Waals surface area contributed by atoms with Gasteiger partial charge in [0.15, 0.2) is 12.6 Å². The number of esters is 2. The summed E-state index contributed by atoms with van der Waals surface area (Å²) < 4.78 is 26.0. The summed E-state index contributed by atoms with van der Waals surface area (Å²) in [6.45, 7) is 3.29. The lowest BCUT2D eigenvalue weighted by Gasteiger charge is -2.22. The third kappa shape index (κ3) is 15.6. The summed E-state index contributed by atoms with van der Waals surface area (Å²) in [5, 5.41) is 0. The van der Waals surface area contributed by atoms with Crippen LogP contribution in [0.2, 0.25) is 0 Å². The molecule has 0 aromatic carbocycles. The van der Waals surface area contributed by atoms with Crippen molar-refractivity contribution in [3.8, 4) is 0 Å². The zero-order chi connectivity index (χ0) is 18.9. The Bertz CT molecular complexity index is 380. The molecule has 0 fully saturated rings. The molecule has 0 aliphatic carbocycles. The van der Waals surface area contributed by atoms with Crippen molar-refractivity contribution in [2.24, 2.45) is 0 Å². The van der Waals surface area contributed by atoms with Gasteiger partial charge in [0.1, 0.15) is 13.2 Å². The number of hydrogen-bond acceptors (Lipinski definition) is 7. The van der Waals surface area contributed by atoms with Crippen molar-refractivity contribution in [3.05, 3.63) is 24.3 Å². The van der Waals surface area contributed by atoms with Crippen molar-refractivity contribution in [2.45, 2.75) is 52.1 Å². The van der Waals surface area contributed by atoms with Gasteiger partial charge < -0.3 is 23.7 Å². The van der Waals surface area contributed by atoms with Crippen molar-refractivity contribution < 1.29 is 33.3 Å². The predicted molar refractivity (Wildman–Crippen MR) is 92.7 cm³/mol. The predicted octanol–water partition coefficient (Wildman–Crippen LogP) is 2.75. The van der Waals surface area contributed by atoms with Gasteiger partial charge in [-0.2, -0.15) is 0 Å². The van der Waals surface area contributed by atoms with Crippen molar-refractivity contribution in [1.82, 2.24) is 0 Å². The molecule has 0 saturated carbocycles. The van der Waals surface area contributed by atoms with Crippen LogP contribution < -0.4 is 0 Å². The molecule has 0 aromatic rings. The Kier molecular flexibility index (Phi) is 14.7. The fraction of sp³-hybridized carbons (Fsp3) is 0.667. The number of ether oxygens (including phenoxy) is 5. The van der Waals surface area contributed by atoms with Crippen LogP contribution in [0.1, 0.15) is 39.5 Å². The van der Waals surface area contributed by atoms with E-state index in [1.54, 1.807) is 26.4 Å². The average molecular weight is 358 g/mol. The molecule has 0 bridgehead atoms. The monoisotopic (exact) mass is 358 g/mol. The Morgan fingerprint density at radius 3 is 1.48 bits per heavy atom. The van der Waals surface area contributed by atoms with Crippen molar-refractivity contribution in [1.29, 1.82) is 0 Å². The zero-order valence-electron chi connectivity index (χ0n) is 15.6. The highest BCUT2D eigenvalue weighted by Crippen LogP contribution is 2.12. The van der Waals surface area contributed by atoms with E-state index in [4.69, 9.17) is 23.7 Å². The van der Waals surface area contributed by atoms with E-state index < -0.39 is 0 Å². The van der Waals surface area contributed by atoms with Gasteiger partial charge in [0.2, 0.25) is 0 Å². The highest BCUT2D eigenvalue weighted by Gasteiger charge is 2.14. The number of rotatable bonds is 14. The fourth-order valence-corrected chi connectivity index (χ4v) is 1.82. The first-order valence-electron chi connectivity index (χ1n) is 8.27. The van der Waals surface area contributed by atoms with Gasteiger partial charge in [-0.05, 0) is 12.8 Å². The molecule has 7 nitrogen and oxygen atoms in total. The van der Waals surface area contributed by atoms with Crippen LogP contribution in [0.4, 0.5) is 0 Å². The van der Waals surface area contributed by atoms with Crippen LogP contribution in [0.3, 0.4) is 0 Å². The maximum absolute atomic E-state index is 10.6. The SMILES string of the molecule is COC(CC/C=C/COC(C)=O)OC(CC/C=C/COC(C)=O)OC. The van der Waals surface area contributed by atoms with E-state index in [1.807, 2.05) is 12.2 Å². The van der Waals surface area contributed by atoms with E-state index in [1.165, 1.54) is 13.8 Å². The third-order valence-electron chi connectivity index (χ3n) is 3.07. The van der Waals surface area contributed by atoms with Gasteiger partial charge in [0, 0.05) is 40.9 Å². The molecule has 25 heavy (non-hydrogen) atoms. The normalized spacial score (nSPS) is 13.9. The highest BCUT2D eigenvalue weighted by atomic mass is 16.8. The van der Waals surface area contributed by atoms with Crippen LogP contribution >= 0.6 is 0 Å². The van der Waals surface area contributed by atoms with Crippen LogP contribution in [-0.2, 0) is 33.3 Å². The molecule has 0 heterocycles. The van der Waals surface area contributed by atoms with E-state index in [-0.39, 0.29) is 37.7 Å². The molecule has 0 amide bonds. The zero-order valence-corrected chi connectivity index (χ0v) is 15.6. The van der Waals surface area contributed by atoms with E-state index in [0.29, 0.717) is 12.8 Å². The van der Waals surface area contributed by atoms with Gasteiger partial charge in [-0.1, -0.05) is 24.3 Å². The number of allylic oxidation sites excluding steroid dienone is 2. The summed E-state index contributed by atoms with van der Waals surface area (Å²) in [5.41, 5.74) is 0. The van der Waals surface area contributed by atoms with E-state index in [9.17, 15) is 9.59 Å². The van der Waals surface area contributed by atoms with E-state index in [2.05, 4.69) is 0 Å². The quantitative estimate of drug-likeness (QED) is 0.268. The first-order valence-corrected chi connectivity index (χ1v) is 8.27. The summed E-state index contributed by atoms with van der Waals surface area (Å²) in [6.07, 6.45) is 9.43. The van der Waals surface area contributed by atoms with E-state index >= 15 is 0 Å². The molecular weight excluding hydrogens is 328 g/mol. The standard InChI is InChI=1S/C18H30O7/c1-15(19)23-13-9-5-7-11-17(21-3)25-18(22-4)12-8-6-10-14-24-16(2)20/h5-6,9-10,17-18H,7-8,11-14H2,1-4H3/b9-5+,10-6+. The summed E-state index contributed by atoms with van der Waals surface area (Å²) in [4.78, 5) is 21.2. The average Bonchev–Trinajstić information content (AvgIpc) is 2.57. The Balaban J connectivity index is 3.98. The molecule has 0 aliphatic heterocycles. The lowest BCUT2D eigenvalue weighted by Crippen LogP contribution is -2.25. The lowest BCUT2D eigenvalue weighted by molar-refractivity contribution is -0.232. The molecule has 0 aromatic heterocycles. The molecule has 0 radical (unpaired) electrons. The van der Waals surface area contributed by atoms with Crippen LogP contribution in [0.25, 0.3) is 0 Å². The van der Waals surface area contributed by atoms with Crippen molar-refractivity contribution >= 4 is 11.9 Å². The minimum atomic E-state index is -0.381. The molecular formula is C18H30O7. The minimum absolute atomic E-state index is 0.272. The van der Waals surface area contributed by atoms with Crippen molar-refractivity contribution in [3.63, 3.8) is 0 Å². The van der Waals surface area contributed by atoms with Gasteiger partial charge in [-0.15, -0.1) is 0 Å². The highest BCUT2D eigenvalue weighted by molar-refractivity contribution is 5.66. The lowest BCUT2D eigenvalue weighted by atomic mass is 10.2. The maximum atomic E-state index is 10.6. The van der Waals surface area contributed by atoms with Gasteiger partial charge in [-0.25, -0.2) is 0 Å². The Morgan fingerprint density at radius 1 is 0.760 bits per heavy atom. The molecule has 2 atom stereocenters. The van der Waals surface area contributed by atoms with Crippen LogP contribution in [0.5, 0.6) is 0 Å². The smallest absolute Gasteiger partial charge is 0.302 e. The second-order valence-electron chi connectivity index (χ2n) is 5.17. The largest absolute Gasteiger partial charge is 0.462 e. The van der Waals surface area contributed by atoms with E-state index in [0.717, 1.165) is 12.8 Å². The maximum Gasteiger partial charge on any atom is 0.302 e. The van der Waals surface area contributed by atoms with Crippen molar-refractivity contribution in [2.75, 3.05) is 27.4 Å². The third-order valence-corrected chi connectivity index (χ3v) is 3.07. The molecule has 7 heteroatoms.